The highest BCUT2D eigenvalue weighted by Gasteiger charge is 2.18. The standard InChI is InChI=1S/C19H21N3O5/c1-11-6-5-7-17(13(11)3)27-14(4)18(23)20-21-19(24)15-8-9-16(22(25)26)12(2)10-15/h5-10,14H,1-4H3,(H,20,23)(H,21,24). The quantitative estimate of drug-likeness (QED) is 0.620. The summed E-state index contributed by atoms with van der Waals surface area (Å²) in [7, 11) is 0. The van der Waals surface area contributed by atoms with Gasteiger partial charge in [0.05, 0.1) is 4.92 Å². The number of nitrogens with zero attached hydrogens (tertiary/aromatic N) is 1. The summed E-state index contributed by atoms with van der Waals surface area (Å²) in [6.07, 6.45) is -0.829. The molecule has 1 unspecified atom stereocenters. The molecular weight excluding hydrogens is 350 g/mol. The molecule has 0 aliphatic heterocycles. The van der Waals surface area contributed by atoms with E-state index in [0.29, 0.717) is 11.3 Å². The van der Waals surface area contributed by atoms with Gasteiger partial charge < -0.3 is 4.74 Å². The first kappa shape index (κ1) is 19.9. The Hall–Kier alpha value is -3.42. The van der Waals surface area contributed by atoms with Crippen LogP contribution in [0.4, 0.5) is 5.69 Å². The Morgan fingerprint density at radius 2 is 1.78 bits per heavy atom. The Morgan fingerprint density at radius 3 is 2.41 bits per heavy atom. The Balaban J connectivity index is 1.96. The molecule has 0 spiro atoms. The average Bonchev–Trinajstić information content (AvgIpc) is 2.62. The zero-order chi connectivity index (χ0) is 20.1. The van der Waals surface area contributed by atoms with E-state index in [-0.39, 0.29) is 11.3 Å². The molecule has 8 nitrogen and oxygen atoms in total. The summed E-state index contributed by atoms with van der Waals surface area (Å²) >= 11 is 0. The Morgan fingerprint density at radius 1 is 1.07 bits per heavy atom. The molecule has 2 amide bonds. The van der Waals surface area contributed by atoms with E-state index < -0.39 is 22.8 Å². The Bertz CT molecular complexity index is 895. The van der Waals surface area contributed by atoms with Crippen LogP contribution in [-0.4, -0.2) is 22.8 Å². The molecule has 0 aliphatic rings. The van der Waals surface area contributed by atoms with Crippen LogP contribution in [-0.2, 0) is 4.79 Å². The van der Waals surface area contributed by atoms with Crippen molar-refractivity contribution in [2.75, 3.05) is 0 Å². The third kappa shape index (κ3) is 4.81. The predicted molar refractivity (Wildman–Crippen MR) is 99.4 cm³/mol. The van der Waals surface area contributed by atoms with Crippen LogP contribution in [0.15, 0.2) is 36.4 Å². The van der Waals surface area contributed by atoms with Crippen LogP contribution in [0.25, 0.3) is 0 Å². The summed E-state index contributed by atoms with van der Waals surface area (Å²) in [5.41, 5.74) is 7.02. The molecule has 2 rings (SSSR count). The first-order valence-electron chi connectivity index (χ1n) is 8.28. The van der Waals surface area contributed by atoms with Crippen molar-refractivity contribution in [3.8, 4) is 5.75 Å². The van der Waals surface area contributed by atoms with Gasteiger partial charge in [-0.2, -0.15) is 0 Å². The molecule has 0 aromatic heterocycles. The summed E-state index contributed by atoms with van der Waals surface area (Å²) in [4.78, 5) is 34.6. The normalized spacial score (nSPS) is 11.4. The number of aryl methyl sites for hydroxylation is 2. The smallest absolute Gasteiger partial charge is 0.279 e. The summed E-state index contributed by atoms with van der Waals surface area (Å²) < 4.78 is 5.65. The van der Waals surface area contributed by atoms with E-state index in [4.69, 9.17) is 4.74 Å². The lowest BCUT2D eigenvalue weighted by Crippen LogP contribution is -2.47. The number of rotatable bonds is 5. The molecule has 0 saturated heterocycles. The SMILES string of the molecule is Cc1cc(C(=O)NNC(=O)C(C)Oc2cccc(C)c2C)ccc1[N+](=O)[O-]. The van der Waals surface area contributed by atoms with Gasteiger partial charge in [0.15, 0.2) is 6.10 Å². The molecule has 2 aromatic rings. The van der Waals surface area contributed by atoms with E-state index in [1.54, 1.807) is 13.0 Å². The molecule has 8 heteroatoms. The van der Waals surface area contributed by atoms with Crippen LogP contribution < -0.4 is 15.6 Å². The minimum Gasteiger partial charge on any atom is -0.481 e. The summed E-state index contributed by atoms with van der Waals surface area (Å²) in [6.45, 7) is 6.94. The summed E-state index contributed by atoms with van der Waals surface area (Å²) in [6, 6.07) is 9.50. The molecule has 0 radical (unpaired) electrons. The van der Waals surface area contributed by atoms with Gasteiger partial charge in [0.25, 0.3) is 17.5 Å². The highest BCUT2D eigenvalue weighted by molar-refractivity contribution is 5.96. The second-order valence-electron chi connectivity index (χ2n) is 6.16. The van der Waals surface area contributed by atoms with E-state index in [0.717, 1.165) is 11.1 Å². The zero-order valence-electron chi connectivity index (χ0n) is 15.5. The number of benzene rings is 2. The number of carbonyl (C=O) groups excluding carboxylic acids is 2. The van der Waals surface area contributed by atoms with Crippen molar-refractivity contribution in [3.63, 3.8) is 0 Å². The maximum Gasteiger partial charge on any atom is 0.279 e. The van der Waals surface area contributed by atoms with Crippen molar-refractivity contribution in [3.05, 3.63) is 68.8 Å². The van der Waals surface area contributed by atoms with Gasteiger partial charge >= 0.3 is 0 Å². The van der Waals surface area contributed by atoms with Crippen molar-refractivity contribution in [2.45, 2.75) is 33.8 Å². The summed E-state index contributed by atoms with van der Waals surface area (Å²) in [5.74, 6) is -0.516. The van der Waals surface area contributed by atoms with Gasteiger partial charge in [0.2, 0.25) is 0 Å². The molecule has 2 N–H and O–H groups in total. The van der Waals surface area contributed by atoms with Gasteiger partial charge in [-0.15, -0.1) is 0 Å². The Labute approximate surface area is 156 Å². The molecule has 0 aliphatic carbocycles. The number of hydrogen-bond acceptors (Lipinski definition) is 5. The second-order valence-corrected chi connectivity index (χ2v) is 6.16. The Kier molecular flexibility index (Phi) is 6.12. The number of nitro groups is 1. The minimum atomic E-state index is -0.829. The lowest BCUT2D eigenvalue weighted by atomic mass is 10.1. The monoisotopic (exact) mass is 371 g/mol. The topological polar surface area (TPSA) is 111 Å². The molecule has 2 aromatic carbocycles. The molecule has 27 heavy (non-hydrogen) atoms. The van der Waals surface area contributed by atoms with Gasteiger partial charge in [0, 0.05) is 17.2 Å². The number of carbonyl (C=O) groups is 2. The van der Waals surface area contributed by atoms with E-state index >= 15 is 0 Å². The largest absolute Gasteiger partial charge is 0.481 e. The lowest BCUT2D eigenvalue weighted by Gasteiger charge is -2.17. The molecular formula is C19H21N3O5. The van der Waals surface area contributed by atoms with Crippen molar-refractivity contribution >= 4 is 17.5 Å². The van der Waals surface area contributed by atoms with E-state index in [9.17, 15) is 19.7 Å². The van der Waals surface area contributed by atoms with Gasteiger partial charge in [-0.3, -0.25) is 30.6 Å². The second kappa shape index (κ2) is 8.31. The molecule has 0 bridgehead atoms. The third-order valence-electron chi connectivity index (χ3n) is 4.18. The third-order valence-corrected chi connectivity index (χ3v) is 4.18. The number of nitrogens with one attached hydrogen (secondary N) is 2. The van der Waals surface area contributed by atoms with E-state index in [2.05, 4.69) is 10.9 Å². The van der Waals surface area contributed by atoms with Crippen LogP contribution in [0.1, 0.15) is 34.0 Å². The van der Waals surface area contributed by atoms with Crippen molar-refractivity contribution in [2.24, 2.45) is 0 Å². The fourth-order valence-corrected chi connectivity index (χ4v) is 2.39. The lowest BCUT2D eigenvalue weighted by molar-refractivity contribution is -0.385. The zero-order valence-corrected chi connectivity index (χ0v) is 15.5. The number of hydrazine groups is 1. The number of nitro benzene ring substituents is 1. The summed E-state index contributed by atoms with van der Waals surface area (Å²) in [5, 5.41) is 10.8. The molecule has 0 fully saturated rings. The van der Waals surface area contributed by atoms with Crippen LogP contribution in [0.3, 0.4) is 0 Å². The molecule has 1 atom stereocenters. The van der Waals surface area contributed by atoms with E-state index in [1.807, 2.05) is 26.0 Å². The fourth-order valence-electron chi connectivity index (χ4n) is 2.39. The van der Waals surface area contributed by atoms with Gasteiger partial charge in [0.1, 0.15) is 5.75 Å². The van der Waals surface area contributed by atoms with Crippen LogP contribution in [0.2, 0.25) is 0 Å². The average molecular weight is 371 g/mol. The van der Waals surface area contributed by atoms with Crippen molar-refractivity contribution in [1.82, 2.24) is 10.9 Å². The predicted octanol–water partition coefficient (Wildman–Crippen LogP) is 2.75. The van der Waals surface area contributed by atoms with Gasteiger partial charge in [-0.05, 0) is 57.0 Å². The molecule has 0 saturated carbocycles. The van der Waals surface area contributed by atoms with Crippen molar-refractivity contribution < 1.29 is 19.2 Å². The number of hydrogen-bond donors (Lipinski definition) is 2. The van der Waals surface area contributed by atoms with Crippen LogP contribution >= 0.6 is 0 Å². The van der Waals surface area contributed by atoms with Crippen LogP contribution in [0, 0.1) is 30.9 Å². The molecule has 142 valence electrons. The maximum absolute atomic E-state index is 12.1. The van der Waals surface area contributed by atoms with E-state index in [1.165, 1.54) is 25.1 Å². The van der Waals surface area contributed by atoms with Crippen LogP contribution in [0.5, 0.6) is 5.75 Å². The highest BCUT2D eigenvalue weighted by atomic mass is 16.6. The number of ether oxygens (including phenoxy) is 1. The number of amides is 2. The highest BCUT2D eigenvalue weighted by Crippen LogP contribution is 2.22. The minimum absolute atomic E-state index is 0.0777. The first-order chi connectivity index (χ1) is 12.7. The molecule has 0 heterocycles. The fraction of sp³-hybridized carbons (Fsp3) is 0.263. The van der Waals surface area contributed by atoms with Crippen molar-refractivity contribution in [1.29, 1.82) is 0 Å². The maximum atomic E-state index is 12.1. The van der Waals surface area contributed by atoms with Gasteiger partial charge in [-0.25, -0.2) is 0 Å². The van der Waals surface area contributed by atoms with Gasteiger partial charge in [-0.1, -0.05) is 12.1 Å². The first-order valence-corrected chi connectivity index (χ1v) is 8.28.